The first-order valence-electron chi connectivity index (χ1n) is 9.93. The second-order valence-electron chi connectivity index (χ2n) is 7.93. The quantitative estimate of drug-likeness (QED) is 0.583. The van der Waals surface area contributed by atoms with Gasteiger partial charge in [-0.25, -0.2) is 4.39 Å². The molecular formula is C23H22ClFN2O5. The fourth-order valence-corrected chi connectivity index (χ4v) is 4.24. The number of aliphatic carboxylic acids is 1. The van der Waals surface area contributed by atoms with E-state index in [0.29, 0.717) is 27.4 Å². The van der Waals surface area contributed by atoms with Crippen molar-refractivity contribution in [3.8, 4) is 5.75 Å². The van der Waals surface area contributed by atoms with Crippen LogP contribution in [0.25, 0.3) is 10.9 Å². The van der Waals surface area contributed by atoms with E-state index >= 15 is 0 Å². The lowest BCUT2D eigenvalue weighted by molar-refractivity contribution is -0.138. The lowest BCUT2D eigenvalue weighted by Gasteiger charge is -2.42. The van der Waals surface area contributed by atoms with Gasteiger partial charge in [-0.1, -0.05) is 23.7 Å². The summed E-state index contributed by atoms with van der Waals surface area (Å²) in [6, 6.07) is 9.46. The van der Waals surface area contributed by atoms with E-state index in [0.717, 1.165) is 5.52 Å². The number of halogens is 2. The third kappa shape index (κ3) is 3.49. The van der Waals surface area contributed by atoms with E-state index in [-0.39, 0.29) is 18.8 Å². The number of carboxylic acids is 1. The Kier molecular flexibility index (Phi) is 5.60. The summed E-state index contributed by atoms with van der Waals surface area (Å²) >= 11 is 6.40. The van der Waals surface area contributed by atoms with E-state index in [1.165, 1.54) is 26.2 Å². The molecule has 0 spiro atoms. The third-order valence-electron chi connectivity index (χ3n) is 6.01. The van der Waals surface area contributed by atoms with Crippen molar-refractivity contribution in [2.75, 3.05) is 20.3 Å². The van der Waals surface area contributed by atoms with Crippen LogP contribution in [0.1, 0.15) is 34.5 Å². The minimum atomic E-state index is -1.05. The van der Waals surface area contributed by atoms with Crippen LogP contribution in [-0.2, 0) is 22.1 Å². The molecule has 0 bridgehead atoms. The molecule has 1 unspecified atom stereocenters. The van der Waals surface area contributed by atoms with Crippen LogP contribution in [-0.4, -0.2) is 41.9 Å². The summed E-state index contributed by atoms with van der Waals surface area (Å²) in [6.07, 6.45) is 0. The van der Waals surface area contributed by atoms with E-state index < -0.39 is 29.2 Å². The molecule has 2 N–H and O–H groups in total. The highest BCUT2D eigenvalue weighted by atomic mass is 35.5. The molecule has 0 radical (unpaired) electrons. The maximum absolute atomic E-state index is 15.0. The monoisotopic (exact) mass is 460 g/mol. The number of hydrogen-bond donors (Lipinski definition) is 2. The molecule has 32 heavy (non-hydrogen) atoms. The van der Waals surface area contributed by atoms with Gasteiger partial charge in [0.05, 0.1) is 36.8 Å². The first-order valence-corrected chi connectivity index (χ1v) is 10.3. The molecular weight excluding hydrogens is 439 g/mol. The van der Waals surface area contributed by atoms with Gasteiger partial charge in [-0.15, -0.1) is 0 Å². The maximum Gasteiger partial charge on any atom is 0.310 e. The highest BCUT2D eigenvalue weighted by molar-refractivity contribution is 6.37. The number of methoxy groups -OCH3 is 1. The molecule has 168 valence electrons. The van der Waals surface area contributed by atoms with Crippen molar-refractivity contribution in [1.82, 2.24) is 9.88 Å². The lowest BCUT2D eigenvalue weighted by Crippen LogP contribution is -2.60. The summed E-state index contributed by atoms with van der Waals surface area (Å²) in [7, 11) is 3.26. The number of nitrogens with zero attached hydrogens (tertiary/aromatic N) is 1. The van der Waals surface area contributed by atoms with Crippen LogP contribution in [0, 0.1) is 5.82 Å². The van der Waals surface area contributed by atoms with Crippen LogP contribution in [0.2, 0.25) is 5.02 Å². The first kappa shape index (κ1) is 22.1. The largest absolute Gasteiger partial charge is 0.495 e. The summed E-state index contributed by atoms with van der Waals surface area (Å²) in [5, 5.41) is 13.1. The Hall–Kier alpha value is -3.10. The molecule has 1 saturated heterocycles. The number of ether oxygens (including phenoxy) is 2. The van der Waals surface area contributed by atoms with Crippen molar-refractivity contribution in [1.29, 1.82) is 0 Å². The number of carbonyl (C=O) groups is 2. The molecule has 1 fully saturated rings. The standard InChI is InChI=1S/C23H22ClFN2O5/c1-12(22(29)30)13-4-5-15(16(25)8-13)23(10-32-11-23)26-21(28)18-9-14-17(27(18)2)6-7-19(31-3)20(14)24/h4-9,12H,10-11H2,1-3H3,(H,26,28)(H,29,30). The van der Waals surface area contributed by atoms with E-state index in [1.54, 1.807) is 35.9 Å². The number of amides is 1. The summed E-state index contributed by atoms with van der Waals surface area (Å²) in [5.41, 5.74) is 0.634. The van der Waals surface area contributed by atoms with Gasteiger partial charge in [0.1, 0.15) is 22.8 Å². The number of hydrogen-bond acceptors (Lipinski definition) is 4. The number of nitrogens with one attached hydrogen (secondary N) is 1. The Morgan fingerprint density at radius 2 is 2.00 bits per heavy atom. The molecule has 9 heteroatoms. The van der Waals surface area contributed by atoms with Crippen LogP contribution < -0.4 is 10.1 Å². The number of rotatable bonds is 6. The van der Waals surface area contributed by atoms with Crippen molar-refractivity contribution in [3.05, 3.63) is 64.1 Å². The highest BCUT2D eigenvalue weighted by Gasteiger charge is 2.44. The van der Waals surface area contributed by atoms with Crippen LogP contribution in [0.5, 0.6) is 5.75 Å². The minimum absolute atomic E-state index is 0.0992. The number of aromatic nitrogens is 1. The van der Waals surface area contributed by atoms with Gasteiger partial charge in [-0.05, 0) is 36.8 Å². The molecule has 2 aromatic carbocycles. The Balaban J connectivity index is 1.67. The van der Waals surface area contributed by atoms with Crippen molar-refractivity contribution in [2.45, 2.75) is 18.4 Å². The molecule has 1 atom stereocenters. The van der Waals surface area contributed by atoms with Gasteiger partial charge >= 0.3 is 5.97 Å². The molecule has 3 aromatic rings. The maximum atomic E-state index is 15.0. The van der Waals surface area contributed by atoms with Gasteiger partial charge < -0.3 is 24.5 Å². The number of carbonyl (C=O) groups excluding carboxylic acids is 1. The van der Waals surface area contributed by atoms with Gasteiger partial charge in [0.2, 0.25) is 0 Å². The van der Waals surface area contributed by atoms with Gasteiger partial charge in [0.25, 0.3) is 5.91 Å². The first-order chi connectivity index (χ1) is 15.2. The van der Waals surface area contributed by atoms with Crippen LogP contribution in [0.15, 0.2) is 36.4 Å². The average Bonchev–Trinajstić information content (AvgIpc) is 3.08. The van der Waals surface area contributed by atoms with Crippen molar-refractivity contribution in [2.24, 2.45) is 7.05 Å². The predicted molar refractivity (Wildman–Crippen MR) is 117 cm³/mol. The smallest absolute Gasteiger partial charge is 0.310 e. The Morgan fingerprint density at radius 1 is 1.28 bits per heavy atom. The van der Waals surface area contributed by atoms with Gasteiger partial charge in [0.15, 0.2) is 0 Å². The SMILES string of the molecule is COc1ccc2c(cc(C(=O)NC3(c4ccc(C(C)C(=O)O)cc4F)COC3)n2C)c1Cl. The van der Waals surface area contributed by atoms with Gasteiger partial charge in [0, 0.05) is 18.0 Å². The normalized spacial score (nSPS) is 15.8. The molecule has 4 rings (SSSR count). The summed E-state index contributed by atoms with van der Waals surface area (Å²) in [4.78, 5) is 24.4. The topological polar surface area (TPSA) is 89.8 Å². The van der Waals surface area contributed by atoms with Crippen molar-refractivity contribution < 1.29 is 28.6 Å². The summed E-state index contributed by atoms with van der Waals surface area (Å²) in [5.74, 6) is -2.40. The second-order valence-corrected chi connectivity index (χ2v) is 8.31. The minimum Gasteiger partial charge on any atom is -0.495 e. The number of carboxylic acid groups (broad SMARTS) is 1. The zero-order valence-corrected chi connectivity index (χ0v) is 18.5. The molecule has 1 amide bonds. The van der Waals surface area contributed by atoms with Gasteiger partial charge in [-0.2, -0.15) is 0 Å². The van der Waals surface area contributed by atoms with Gasteiger partial charge in [-0.3, -0.25) is 9.59 Å². The fourth-order valence-electron chi connectivity index (χ4n) is 3.95. The molecule has 1 aliphatic rings. The molecule has 0 saturated carbocycles. The Labute approximate surface area is 188 Å². The van der Waals surface area contributed by atoms with Crippen LogP contribution in [0.4, 0.5) is 4.39 Å². The van der Waals surface area contributed by atoms with E-state index in [2.05, 4.69) is 5.32 Å². The van der Waals surface area contributed by atoms with Crippen molar-refractivity contribution >= 4 is 34.4 Å². The molecule has 1 aliphatic heterocycles. The van der Waals surface area contributed by atoms with Crippen LogP contribution >= 0.6 is 11.6 Å². The Bertz CT molecular complexity index is 1230. The van der Waals surface area contributed by atoms with E-state index in [9.17, 15) is 19.1 Å². The third-order valence-corrected chi connectivity index (χ3v) is 6.40. The highest BCUT2D eigenvalue weighted by Crippen LogP contribution is 2.36. The van der Waals surface area contributed by atoms with Crippen molar-refractivity contribution in [3.63, 3.8) is 0 Å². The lowest BCUT2D eigenvalue weighted by atomic mass is 9.85. The van der Waals surface area contributed by atoms with E-state index in [1.807, 2.05) is 0 Å². The molecule has 0 aliphatic carbocycles. The number of fused-ring (bicyclic) bond motifs is 1. The molecule has 2 heterocycles. The van der Waals surface area contributed by atoms with E-state index in [4.69, 9.17) is 21.1 Å². The Morgan fingerprint density at radius 3 is 2.56 bits per heavy atom. The zero-order chi connectivity index (χ0) is 23.2. The molecule has 7 nitrogen and oxygen atoms in total. The summed E-state index contributed by atoms with van der Waals surface area (Å²) in [6.45, 7) is 1.69. The number of aryl methyl sites for hydroxylation is 1. The predicted octanol–water partition coefficient (Wildman–Crippen LogP) is 3.82. The molecule has 1 aromatic heterocycles. The zero-order valence-electron chi connectivity index (χ0n) is 17.7. The van der Waals surface area contributed by atoms with Crippen LogP contribution in [0.3, 0.4) is 0 Å². The average molecular weight is 461 g/mol. The second kappa shape index (κ2) is 8.11. The summed E-state index contributed by atoms with van der Waals surface area (Å²) < 4.78 is 27.3. The number of benzene rings is 2. The fraction of sp³-hybridized carbons (Fsp3) is 0.304.